The third-order valence-corrected chi connectivity index (χ3v) is 3.21. The second-order valence-corrected chi connectivity index (χ2v) is 6.90. The molecule has 1 unspecified atom stereocenters. The van der Waals surface area contributed by atoms with Crippen LogP contribution >= 0.6 is 23.2 Å². The molecule has 0 fully saturated rings. The van der Waals surface area contributed by atoms with Crippen molar-refractivity contribution in [2.24, 2.45) is 0 Å². The fourth-order valence-corrected chi connectivity index (χ4v) is 2.20. The van der Waals surface area contributed by atoms with E-state index in [0.717, 1.165) is 0 Å². The second-order valence-electron chi connectivity index (χ2n) is 6.06. The van der Waals surface area contributed by atoms with Crippen molar-refractivity contribution in [3.05, 3.63) is 27.7 Å². The lowest BCUT2D eigenvalue weighted by Gasteiger charge is -2.21. The molecule has 22 heavy (non-hydrogen) atoms. The topological polar surface area (TPSA) is 70.6 Å². The number of halogens is 2. The van der Waals surface area contributed by atoms with Gasteiger partial charge in [0.2, 0.25) is 0 Å². The van der Waals surface area contributed by atoms with Gasteiger partial charge in [-0.25, -0.2) is 4.79 Å². The van der Waals surface area contributed by atoms with Gasteiger partial charge in [-0.1, -0.05) is 23.2 Å². The summed E-state index contributed by atoms with van der Waals surface area (Å²) in [4.78, 5) is 11.5. The zero-order valence-corrected chi connectivity index (χ0v) is 14.7. The van der Waals surface area contributed by atoms with E-state index in [2.05, 4.69) is 10.6 Å². The first-order chi connectivity index (χ1) is 10.1. The summed E-state index contributed by atoms with van der Waals surface area (Å²) < 4.78 is 5.15. The maximum atomic E-state index is 11.5. The lowest BCUT2D eigenvalue weighted by molar-refractivity contribution is 0.0523. The molecular formula is C15H22Cl2N2O3. The Morgan fingerprint density at radius 2 is 2.00 bits per heavy atom. The molecule has 1 amide bonds. The molecule has 1 aromatic carbocycles. The minimum Gasteiger partial charge on any atom is -0.506 e. The normalized spacial score (nSPS) is 12.8. The summed E-state index contributed by atoms with van der Waals surface area (Å²) in [7, 11) is 0. The summed E-state index contributed by atoms with van der Waals surface area (Å²) in [6.07, 6.45) is -0.463. The summed E-state index contributed by atoms with van der Waals surface area (Å²) in [6, 6.07) is 3.10. The highest BCUT2D eigenvalue weighted by molar-refractivity contribution is 6.35. The summed E-state index contributed by atoms with van der Waals surface area (Å²) in [5, 5.41) is 16.4. The molecule has 0 bridgehead atoms. The average Bonchev–Trinajstić information content (AvgIpc) is 2.37. The van der Waals surface area contributed by atoms with Crippen LogP contribution in [0.4, 0.5) is 4.79 Å². The molecule has 0 saturated heterocycles. The molecule has 0 aromatic heterocycles. The first-order valence-electron chi connectivity index (χ1n) is 6.95. The number of phenols is 1. The minimum atomic E-state index is -0.524. The maximum Gasteiger partial charge on any atom is 0.407 e. The second kappa shape index (κ2) is 7.90. The van der Waals surface area contributed by atoms with E-state index in [4.69, 9.17) is 27.9 Å². The van der Waals surface area contributed by atoms with Gasteiger partial charge >= 0.3 is 6.09 Å². The van der Waals surface area contributed by atoms with Crippen LogP contribution in [-0.4, -0.2) is 29.4 Å². The van der Waals surface area contributed by atoms with Crippen molar-refractivity contribution >= 4 is 29.3 Å². The molecule has 0 aliphatic rings. The average molecular weight is 349 g/mol. The van der Waals surface area contributed by atoms with E-state index < -0.39 is 11.7 Å². The number of aromatic hydroxyl groups is 1. The van der Waals surface area contributed by atoms with E-state index in [1.807, 2.05) is 6.92 Å². The van der Waals surface area contributed by atoms with Crippen molar-refractivity contribution in [1.29, 1.82) is 0 Å². The Balaban J connectivity index is 2.44. The van der Waals surface area contributed by atoms with Gasteiger partial charge in [0.25, 0.3) is 0 Å². The van der Waals surface area contributed by atoms with Crippen LogP contribution in [0.3, 0.4) is 0 Å². The molecule has 0 heterocycles. The Bertz CT molecular complexity index is 530. The SMILES string of the molecule is CC(CNC(=O)OC(C)(C)C)NCc1cc(Cl)cc(Cl)c1O. The highest BCUT2D eigenvalue weighted by Crippen LogP contribution is 2.30. The van der Waals surface area contributed by atoms with Crippen molar-refractivity contribution in [2.75, 3.05) is 6.54 Å². The molecule has 5 nitrogen and oxygen atoms in total. The number of nitrogens with one attached hydrogen (secondary N) is 2. The third kappa shape index (κ3) is 6.73. The molecule has 7 heteroatoms. The summed E-state index contributed by atoms with van der Waals surface area (Å²) in [6.45, 7) is 8.09. The molecule has 0 saturated carbocycles. The Kier molecular flexibility index (Phi) is 6.78. The third-order valence-electron chi connectivity index (χ3n) is 2.70. The van der Waals surface area contributed by atoms with Crippen molar-refractivity contribution < 1.29 is 14.6 Å². The van der Waals surface area contributed by atoms with E-state index in [1.165, 1.54) is 6.07 Å². The predicted octanol–water partition coefficient (Wildman–Crippen LogP) is 3.70. The fraction of sp³-hybridized carbons (Fsp3) is 0.533. The lowest BCUT2D eigenvalue weighted by Crippen LogP contribution is -2.41. The van der Waals surface area contributed by atoms with Crippen LogP contribution in [0.5, 0.6) is 5.75 Å². The van der Waals surface area contributed by atoms with Crippen molar-refractivity contribution in [2.45, 2.75) is 45.9 Å². The number of ether oxygens (including phenoxy) is 1. The van der Waals surface area contributed by atoms with Crippen LogP contribution in [-0.2, 0) is 11.3 Å². The van der Waals surface area contributed by atoms with Gasteiger partial charge in [-0.05, 0) is 39.8 Å². The zero-order chi connectivity index (χ0) is 16.9. The Morgan fingerprint density at radius 1 is 1.36 bits per heavy atom. The van der Waals surface area contributed by atoms with Crippen LogP contribution in [0, 0.1) is 0 Å². The highest BCUT2D eigenvalue weighted by Gasteiger charge is 2.16. The van der Waals surface area contributed by atoms with Crippen LogP contribution < -0.4 is 10.6 Å². The number of phenolic OH excluding ortho intramolecular Hbond substituents is 1. The van der Waals surface area contributed by atoms with Gasteiger partial charge in [0, 0.05) is 29.7 Å². The number of hydrogen-bond acceptors (Lipinski definition) is 4. The first-order valence-corrected chi connectivity index (χ1v) is 7.71. The molecule has 3 N–H and O–H groups in total. The van der Waals surface area contributed by atoms with Gasteiger partial charge in [0.1, 0.15) is 11.4 Å². The van der Waals surface area contributed by atoms with Crippen molar-refractivity contribution in [3.63, 3.8) is 0 Å². The van der Waals surface area contributed by atoms with Crippen molar-refractivity contribution in [3.8, 4) is 5.75 Å². The largest absolute Gasteiger partial charge is 0.506 e. The maximum absolute atomic E-state index is 11.5. The summed E-state index contributed by atoms with van der Waals surface area (Å²) in [5.41, 5.74) is 0.0750. The number of amides is 1. The molecule has 0 radical (unpaired) electrons. The van der Waals surface area contributed by atoms with Crippen LogP contribution in [0.1, 0.15) is 33.3 Å². The van der Waals surface area contributed by atoms with E-state index in [9.17, 15) is 9.90 Å². The van der Waals surface area contributed by atoms with E-state index in [1.54, 1.807) is 26.8 Å². The monoisotopic (exact) mass is 348 g/mol. The standard InChI is InChI=1S/C15H22Cl2N2O3/c1-9(7-19-14(21)22-15(2,3)4)18-8-10-5-11(16)6-12(17)13(10)20/h5-6,9,18,20H,7-8H2,1-4H3,(H,19,21). The van der Waals surface area contributed by atoms with Gasteiger partial charge in [0.15, 0.2) is 0 Å². The number of hydrogen-bond donors (Lipinski definition) is 3. The van der Waals surface area contributed by atoms with Crippen LogP contribution in [0.15, 0.2) is 12.1 Å². The molecular weight excluding hydrogens is 327 g/mol. The van der Waals surface area contributed by atoms with Gasteiger partial charge in [-0.3, -0.25) is 0 Å². The summed E-state index contributed by atoms with van der Waals surface area (Å²) >= 11 is 11.8. The Hall–Kier alpha value is -1.17. The molecule has 0 aliphatic heterocycles. The highest BCUT2D eigenvalue weighted by atomic mass is 35.5. The van der Waals surface area contributed by atoms with Gasteiger partial charge < -0.3 is 20.5 Å². The fourth-order valence-electron chi connectivity index (χ4n) is 1.66. The number of benzene rings is 1. The minimum absolute atomic E-state index is 0.00543. The molecule has 1 rings (SSSR count). The molecule has 0 spiro atoms. The van der Waals surface area contributed by atoms with E-state index in [-0.39, 0.29) is 16.8 Å². The first kappa shape index (κ1) is 18.9. The van der Waals surface area contributed by atoms with Gasteiger partial charge in [0.05, 0.1) is 5.02 Å². The summed E-state index contributed by atoms with van der Waals surface area (Å²) in [5.74, 6) is 0.00543. The quantitative estimate of drug-likeness (QED) is 0.758. The zero-order valence-electron chi connectivity index (χ0n) is 13.2. The molecule has 0 aliphatic carbocycles. The number of rotatable bonds is 5. The molecule has 1 aromatic rings. The Morgan fingerprint density at radius 3 is 2.59 bits per heavy atom. The Labute approximate surface area is 140 Å². The lowest BCUT2D eigenvalue weighted by atomic mass is 10.2. The molecule has 124 valence electrons. The number of alkyl carbamates (subject to hydrolysis) is 1. The number of carbonyl (C=O) groups excluding carboxylic acids is 1. The van der Waals surface area contributed by atoms with Gasteiger partial charge in [-0.15, -0.1) is 0 Å². The van der Waals surface area contributed by atoms with E-state index >= 15 is 0 Å². The predicted molar refractivity (Wildman–Crippen MR) is 88.7 cm³/mol. The van der Waals surface area contributed by atoms with Crippen LogP contribution in [0.25, 0.3) is 0 Å². The number of carbonyl (C=O) groups is 1. The smallest absolute Gasteiger partial charge is 0.407 e. The van der Waals surface area contributed by atoms with Crippen LogP contribution in [0.2, 0.25) is 10.0 Å². The van der Waals surface area contributed by atoms with Crippen molar-refractivity contribution in [1.82, 2.24) is 10.6 Å². The van der Waals surface area contributed by atoms with Gasteiger partial charge in [-0.2, -0.15) is 0 Å². The molecule has 1 atom stereocenters. The van der Waals surface area contributed by atoms with E-state index in [0.29, 0.717) is 23.7 Å².